The lowest BCUT2D eigenvalue weighted by Crippen LogP contribution is -2.46. The molecule has 0 heterocycles. The Morgan fingerprint density at radius 2 is 1.79 bits per heavy atom. The fourth-order valence-electron chi connectivity index (χ4n) is 2.52. The van der Waals surface area contributed by atoms with E-state index in [1.54, 1.807) is 44.2 Å². The van der Waals surface area contributed by atoms with Crippen LogP contribution in [0.25, 0.3) is 5.01 Å². The van der Waals surface area contributed by atoms with Crippen molar-refractivity contribution >= 4 is 11.9 Å². The third-order valence-corrected chi connectivity index (χ3v) is 3.55. The largest absolute Gasteiger partial charge is 0.498 e. The van der Waals surface area contributed by atoms with Crippen molar-refractivity contribution in [2.24, 2.45) is 5.41 Å². The fourth-order valence-corrected chi connectivity index (χ4v) is 2.52. The van der Waals surface area contributed by atoms with Gasteiger partial charge in [-0.05, 0) is 25.8 Å². The summed E-state index contributed by atoms with van der Waals surface area (Å²) in [6, 6.07) is 10.9. The molecule has 0 spiro atoms. The standard InChI is InChI=1S/C18H21NO5/c1-4-12-18(16(20)23-5-2,17(21)24-6-3)15(13-19-22)14-10-8-7-9-11-14/h4,7-11,15H,1,5-6,12H2,2-3H3. The van der Waals surface area contributed by atoms with Gasteiger partial charge < -0.3 is 14.7 Å². The highest BCUT2D eigenvalue weighted by atomic mass is 16.6. The monoisotopic (exact) mass is 331 g/mol. The van der Waals surface area contributed by atoms with Crippen molar-refractivity contribution in [3.8, 4) is 6.07 Å². The second kappa shape index (κ2) is 9.36. The lowest BCUT2D eigenvalue weighted by Gasteiger charge is -2.30. The van der Waals surface area contributed by atoms with Crippen molar-refractivity contribution in [1.82, 2.24) is 0 Å². The number of esters is 2. The van der Waals surface area contributed by atoms with Crippen LogP contribution in [-0.4, -0.2) is 25.2 Å². The lowest BCUT2D eigenvalue weighted by atomic mass is 9.70. The summed E-state index contributed by atoms with van der Waals surface area (Å²) in [5.74, 6) is -2.64. The lowest BCUT2D eigenvalue weighted by molar-refractivity contribution is -0.172. The van der Waals surface area contributed by atoms with Crippen LogP contribution in [0.15, 0.2) is 43.0 Å². The van der Waals surface area contributed by atoms with Crippen LogP contribution in [0, 0.1) is 16.7 Å². The maximum Gasteiger partial charge on any atom is 0.325 e. The number of allylic oxidation sites excluding steroid dienone is 1. The number of benzene rings is 1. The first kappa shape index (κ1) is 19.2. The van der Waals surface area contributed by atoms with E-state index in [9.17, 15) is 14.8 Å². The Bertz CT molecular complexity index is 612. The quantitative estimate of drug-likeness (QED) is 0.316. The summed E-state index contributed by atoms with van der Waals surface area (Å²) >= 11 is 0. The number of carbonyl (C=O) groups excluding carboxylic acids is 2. The second-order valence-electron chi connectivity index (χ2n) is 4.97. The van der Waals surface area contributed by atoms with Gasteiger partial charge in [-0.3, -0.25) is 9.59 Å². The minimum atomic E-state index is -1.80. The van der Waals surface area contributed by atoms with Crippen molar-refractivity contribution in [3.63, 3.8) is 0 Å². The van der Waals surface area contributed by atoms with E-state index >= 15 is 0 Å². The Labute approximate surface area is 141 Å². The summed E-state index contributed by atoms with van der Waals surface area (Å²) in [4.78, 5) is 25.4. The molecule has 0 amide bonds. The number of hydrogen-bond acceptors (Lipinski definition) is 5. The molecule has 0 saturated carbocycles. The molecule has 0 aromatic heterocycles. The minimum Gasteiger partial charge on any atom is -0.498 e. The molecular formula is C18H21NO5. The van der Waals surface area contributed by atoms with Gasteiger partial charge in [0.25, 0.3) is 0 Å². The molecule has 0 fully saturated rings. The summed E-state index contributed by atoms with van der Waals surface area (Å²) in [6.45, 7) is 7.03. The molecule has 6 nitrogen and oxygen atoms in total. The Morgan fingerprint density at radius 3 is 2.21 bits per heavy atom. The van der Waals surface area contributed by atoms with E-state index < -0.39 is 23.3 Å². The normalized spacial score (nSPS) is 11.6. The van der Waals surface area contributed by atoms with Crippen molar-refractivity contribution in [2.75, 3.05) is 13.2 Å². The molecule has 6 heteroatoms. The first-order valence-corrected chi connectivity index (χ1v) is 7.66. The van der Waals surface area contributed by atoms with Gasteiger partial charge in [-0.1, -0.05) is 36.4 Å². The molecule has 1 aromatic rings. The molecule has 0 radical (unpaired) electrons. The van der Waals surface area contributed by atoms with Crippen molar-refractivity contribution in [1.29, 1.82) is 0 Å². The number of hydrogen-bond donors (Lipinski definition) is 0. The maximum atomic E-state index is 12.7. The smallest absolute Gasteiger partial charge is 0.325 e. The van der Waals surface area contributed by atoms with Gasteiger partial charge in [-0.25, -0.2) is 0 Å². The van der Waals surface area contributed by atoms with Gasteiger partial charge in [-0.2, -0.15) is 0 Å². The van der Waals surface area contributed by atoms with E-state index in [1.807, 2.05) is 0 Å². The number of rotatable bonds is 8. The van der Waals surface area contributed by atoms with Crippen LogP contribution in [-0.2, 0) is 19.1 Å². The predicted molar refractivity (Wildman–Crippen MR) is 90.3 cm³/mol. The van der Waals surface area contributed by atoms with Gasteiger partial charge in [0.1, 0.15) is 5.92 Å². The topological polar surface area (TPSA) is 80.0 Å². The number of ether oxygens (including phenoxy) is 2. The molecule has 1 atom stereocenters. The highest BCUT2D eigenvalue weighted by Gasteiger charge is 2.57. The molecule has 0 saturated heterocycles. The van der Waals surface area contributed by atoms with E-state index in [1.165, 1.54) is 6.08 Å². The fraction of sp³-hybridized carbons (Fsp3) is 0.389. The molecule has 0 aliphatic heterocycles. The zero-order valence-electron chi connectivity index (χ0n) is 13.9. The molecule has 1 aromatic carbocycles. The van der Waals surface area contributed by atoms with Crippen LogP contribution in [0.5, 0.6) is 0 Å². The van der Waals surface area contributed by atoms with Crippen LogP contribution in [0.4, 0.5) is 0 Å². The zero-order chi connectivity index (χ0) is 18.0. The molecule has 128 valence electrons. The SMILES string of the molecule is C=CCC(C(=O)OCC)(C(=O)OCC)C(C#[N+][O-])c1ccccc1. The molecule has 24 heavy (non-hydrogen) atoms. The van der Waals surface area contributed by atoms with E-state index in [4.69, 9.17) is 9.47 Å². The number of carbonyl (C=O) groups is 2. The Kier molecular flexibility index (Phi) is 7.50. The minimum absolute atomic E-state index is 0.0765. The summed E-state index contributed by atoms with van der Waals surface area (Å²) in [5, 5.41) is 13.6. The zero-order valence-corrected chi connectivity index (χ0v) is 13.9. The molecular weight excluding hydrogens is 310 g/mol. The van der Waals surface area contributed by atoms with Gasteiger partial charge in [0, 0.05) is 5.01 Å². The second-order valence-corrected chi connectivity index (χ2v) is 4.97. The highest BCUT2D eigenvalue weighted by molar-refractivity contribution is 6.02. The van der Waals surface area contributed by atoms with Gasteiger partial charge in [0.15, 0.2) is 5.41 Å². The number of nitrogens with zero attached hydrogens (tertiary/aromatic N) is 1. The third-order valence-electron chi connectivity index (χ3n) is 3.55. The Hall–Kier alpha value is -2.81. The summed E-state index contributed by atoms with van der Waals surface area (Å²) in [5.41, 5.74) is -1.27. The first-order chi connectivity index (χ1) is 11.6. The highest BCUT2D eigenvalue weighted by Crippen LogP contribution is 2.42. The Morgan fingerprint density at radius 1 is 1.25 bits per heavy atom. The maximum absolute atomic E-state index is 12.7. The van der Waals surface area contributed by atoms with Gasteiger partial charge in [0.05, 0.1) is 13.2 Å². The van der Waals surface area contributed by atoms with Crippen LogP contribution >= 0.6 is 0 Å². The van der Waals surface area contributed by atoms with Gasteiger partial charge in [-0.15, -0.1) is 6.58 Å². The molecule has 1 unspecified atom stereocenters. The van der Waals surface area contributed by atoms with Crippen molar-refractivity contribution < 1.29 is 19.1 Å². The average Bonchev–Trinajstić information content (AvgIpc) is 2.59. The molecule has 0 aliphatic carbocycles. The van der Waals surface area contributed by atoms with E-state index in [0.29, 0.717) is 5.56 Å². The van der Waals surface area contributed by atoms with E-state index in [-0.39, 0.29) is 19.6 Å². The van der Waals surface area contributed by atoms with E-state index in [2.05, 4.69) is 17.7 Å². The first-order valence-electron chi connectivity index (χ1n) is 7.66. The van der Waals surface area contributed by atoms with Crippen LogP contribution in [0.3, 0.4) is 0 Å². The molecule has 0 N–H and O–H groups in total. The van der Waals surface area contributed by atoms with Crippen LogP contribution < -0.4 is 0 Å². The van der Waals surface area contributed by atoms with Crippen LogP contribution in [0.2, 0.25) is 0 Å². The summed E-state index contributed by atoms with van der Waals surface area (Å²) in [7, 11) is 0. The molecule has 0 bridgehead atoms. The van der Waals surface area contributed by atoms with Gasteiger partial charge in [0.2, 0.25) is 0 Å². The average molecular weight is 331 g/mol. The molecule has 1 rings (SSSR count). The van der Waals surface area contributed by atoms with Crippen molar-refractivity contribution in [2.45, 2.75) is 26.2 Å². The van der Waals surface area contributed by atoms with Crippen molar-refractivity contribution in [3.05, 3.63) is 58.8 Å². The third kappa shape index (κ3) is 3.93. The van der Waals surface area contributed by atoms with Gasteiger partial charge >= 0.3 is 18.0 Å². The summed E-state index contributed by atoms with van der Waals surface area (Å²) < 4.78 is 10.2. The predicted octanol–water partition coefficient (Wildman–Crippen LogP) is 3.29. The van der Waals surface area contributed by atoms with E-state index in [0.717, 1.165) is 0 Å². The summed E-state index contributed by atoms with van der Waals surface area (Å²) in [6.07, 6.45) is 1.34. The Balaban J connectivity index is 3.60. The molecule has 0 aliphatic rings. The van der Waals surface area contributed by atoms with Crippen LogP contribution in [0.1, 0.15) is 31.7 Å².